The van der Waals surface area contributed by atoms with Gasteiger partial charge in [0.1, 0.15) is 0 Å². The molecule has 1 heterocycles. The molecule has 0 aromatic carbocycles. The highest BCUT2D eigenvalue weighted by Crippen LogP contribution is 1.98. The van der Waals surface area contributed by atoms with Crippen LogP contribution >= 0.6 is 0 Å². The van der Waals surface area contributed by atoms with Crippen LogP contribution in [-0.2, 0) is 0 Å². The molecule has 0 unspecified atom stereocenters. The molecule has 2 nitrogen and oxygen atoms in total. The Kier molecular flexibility index (Phi) is 2.20. The van der Waals surface area contributed by atoms with Gasteiger partial charge in [-0.05, 0) is 13.0 Å². The van der Waals surface area contributed by atoms with E-state index in [0.717, 1.165) is 19.8 Å². The van der Waals surface area contributed by atoms with E-state index in [4.69, 9.17) is 6.42 Å². The maximum absolute atomic E-state index is 4.98. The average Bonchev–Trinajstić information content (AvgIpc) is 2.31. The van der Waals surface area contributed by atoms with E-state index in [9.17, 15) is 0 Å². The monoisotopic (exact) mass is 134 g/mol. The quantitative estimate of drug-likeness (QED) is 0.423. The van der Waals surface area contributed by atoms with Crippen LogP contribution in [0.5, 0.6) is 0 Å². The predicted octanol–water partition coefficient (Wildman–Crippen LogP) is -0.215. The summed E-state index contributed by atoms with van der Waals surface area (Å²) >= 11 is 0. The molecule has 0 bridgehead atoms. The van der Waals surface area contributed by atoms with Crippen molar-refractivity contribution >= 4 is 0 Å². The molecule has 0 aromatic heterocycles. The van der Waals surface area contributed by atoms with Gasteiger partial charge in [-0.3, -0.25) is 4.90 Å². The minimum Gasteiger partial charge on any atom is -0.317 e. The summed E-state index contributed by atoms with van der Waals surface area (Å²) < 4.78 is 0. The highest BCUT2D eigenvalue weighted by Gasteiger charge is 2.11. The highest BCUT2D eigenvalue weighted by atomic mass is 15.3. The molecule has 0 radical (unpaired) electrons. The van der Waals surface area contributed by atoms with Gasteiger partial charge in [0, 0.05) is 25.1 Å². The van der Waals surface area contributed by atoms with Crippen LogP contribution in [0.2, 0.25) is 0 Å². The summed E-state index contributed by atoms with van der Waals surface area (Å²) in [6, 6.07) is 2.87. The lowest BCUT2D eigenvalue weighted by Gasteiger charge is -2.07. The van der Waals surface area contributed by atoms with Crippen LogP contribution in [0.25, 0.3) is 0 Å². The maximum Gasteiger partial charge on any atom is 0.0782 e. The number of rotatable bonds is 0. The zero-order valence-corrected chi connectivity index (χ0v) is 6.09. The van der Waals surface area contributed by atoms with Crippen molar-refractivity contribution in [2.45, 2.75) is 0 Å². The van der Waals surface area contributed by atoms with Gasteiger partial charge in [-0.25, -0.2) is 0 Å². The Hall–Kier alpha value is -1.12. The van der Waals surface area contributed by atoms with Crippen LogP contribution in [-0.4, -0.2) is 36.6 Å². The molecule has 0 saturated carbocycles. The van der Waals surface area contributed by atoms with E-state index in [-0.39, 0.29) is 0 Å². The van der Waals surface area contributed by atoms with E-state index in [0.29, 0.717) is 0 Å². The molecule has 10 heavy (non-hydrogen) atoms. The third-order valence-corrected chi connectivity index (χ3v) is 1.45. The maximum atomic E-state index is 4.98. The molecule has 0 N–H and O–H groups in total. The molecule has 1 aliphatic rings. The van der Waals surface area contributed by atoms with Crippen LogP contribution in [0.4, 0.5) is 0 Å². The molecule has 0 aliphatic carbocycles. The first-order chi connectivity index (χ1) is 4.83. The molecule has 0 amide bonds. The number of hydrogen-bond donors (Lipinski definition) is 0. The second-order valence-electron chi connectivity index (χ2n) is 2.37. The van der Waals surface area contributed by atoms with Crippen molar-refractivity contribution in [2.24, 2.45) is 0 Å². The molecule has 0 aromatic rings. The van der Waals surface area contributed by atoms with Crippen molar-refractivity contribution in [2.75, 3.05) is 26.8 Å². The number of hydrogen-bond acceptors (Lipinski definition) is 2. The lowest BCUT2D eigenvalue weighted by molar-refractivity contribution is 0.351. The summed E-state index contributed by atoms with van der Waals surface area (Å²) in [6.45, 7) is 3.00. The lowest BCUT2D eigenvalue weighted by atomic mass is 10.6. The van der Waals surface area contributed by atoms with Crippen LogP contribution in [0.15, 0.2) is 0 Å². The Labute approximate surface area is 61.8 Å². The molecule has 1 aliphatic heterocycles. The highest BCUT2D eigenvalue weighted by molar-refractivity contribution is 5.21. The first kappa shape index (κ1) is 6.99. The van der Waals surface area contributed by atoms with E-state index >= 15 is 0 Å². The van der Waals surface area contributed by atoms with Gasteiger partial charge in [-0.1, -0.05) is 0 Å². The van der Waals surface area contributed by atoms with Crippen molar-refractivity contribution in [1.29, 1.82) is 0 Å². The minimum absolute atomic E-state index is 0.911. The van der Waals surface area contributed by atoms with Crippen LogP contribution in [0.1, 0.15) is 0 Å². The Morgan fingerprint density at radius 3 is 2.70 bits per heavy atom. The van der Waals surface area contributed by atoms with Crippen molar-refractivity contribution in [3.63, 3.8) is 0 Å². The molecule has 1 rings (SSSR count). The van der Waals surface area contributed by atoms with E-state index in [1.165, 1.54) is 0 Å². The molecule has 52 valence electrons. The average molecular weight is 134 g/mol. The Morgan fingerprint density at radius 2 is 2.20 bits per heavy atom. The lowest BCUT2D eigenvalue weighted by Crippen LogP contribution is -2.17. The Balaban J connectivity index is 2.40. The third kappa shape index (κ3) is 1.69. The van der Waals surface area contributed by atoms with Gasteiger partial charge in [0.2, 0.25) is 0 Å². The molecule has 1 saturated heterocycles. The third-order valence-electron chi connectivity index (χ3n) is 1.45. The summed E-state index contributed by atoms with van der Waals surface area (Å²) in [6.07, 6.45) is 4.98. The van der Waals surface area contributed by atoms with Crippen molar-refractivity contribution in [3.8, 4) is 24.3 Å². The molecule has 2 heteroatoms. The van der Waals surface area contributed by atoms with Crippen LogP contribution < -0.4 is 0 Å². The van der Waals surface area contributed by atoms with Crippen molar-refractivity contribution < 1.29 is 0 Å². The second kappa shape index (κ2) is 3.15. The van der Waals surface area contributed by atoms with Gasteiger partial charge < -0.3 is 4.90 Å². The van der Waals surface area contributed by atoms with Crippen molar-refractivity contribution in [3.05, 3.63) is 0 Å². The van der Waals surface area contributed by atoms with Crippen LogP contribution in [0, 0.1) is 24.3 Å². The SMILES string of the molecule is C#CC#CN1CCN(C)C1. The number of terminal acetylenes is 1. The first-order valence-electron chi connectivity index (χ1n) is 3.22. The first-order valence-corrected chi connectivity index (χ1v) is 3.22. The van der Waals surface area contributed by atoms with E-state index in [2.05, 4.69) is 29.8 Å². The normalized spacial score (nSPS) is 17.8. The van der Waals surface area contributed by atoms with E-state index in [1.54, 1.807) is 0 Å². The van der Waals surface area contributed by atoms with E-state index in [1.807, 2.05) is 4.90 Å². The number of likely N-dealkylation sites (N-methyl/N-ethyl adjacent to an activating group) is 1. The molecule has 1 fully saturated rings. The number of nitrogens with zero attached hydrogens (tertiary/aromatic N) is 2. The molecule has 0 atom stereocenters. The molecular formula is C8H10N2. The van der Waals surface area contributed by atoms with Crippen LogP contribution in [0.3, 0.4) is 0 Å². The van der Waals surface area contributed by atoms with Gasteiger partial charge in [0.25, 0.3) is 0 Å². The van der Waals surface area contributed by atoms with E-state index < -0.39 is 0 Å². The van der Waals surface area contributed by atoms with Gasteiger partial charge in [-0.15, -0.1) is 6.42 Å². The summed E-state index contributed by atoms with van der Waals surface area (Å²) in [5.74, 6) is 4.88. The summed E-state index contributed by atoms with van der Waals surface area (Å²) in [4.78, 5) is 4.21. The fourth-order valence-corrected chi connectivity index (χ4v) is 0.927. The summed E-state index contributed by atoms with van der Waals surface area (Å²) in [7, 11) is 2.07. The smallest absolute Gasteiger partial charge is 0.0782 e. The fourth-order valence-electron chi connectivity index (χ4n) is 0.927. The minimum atomic E-state index is 0.911. The zero-order chi connectivity index (χ0) is 7.40. The zero-order valence-electron chi connectivity index (χ0n) is 6.09. The van der Waals surface area contributed by atoms with Gasteiger partial charge in [-0.2, -0.15) is 0 Å². The standard InChI is InChI=1S/C8H10N2/c1-3-4-5-10-7-6-9(2)8-10/h1H,6-8H2,2H3. The van der Waals surface area contributed by atoms with Crippen molar-refractivity contribution in [1.82, 2.24) is 9.80 Å². The largest absolute Gasteiger partial charge is 0.317 e. The summed E-state index contributed by atoms with van der Waals surface area (Å²) in [5.41, 5.74) is 0. The van der Waals surface area contributed by atoms with Gasteiger partial charge in [0.15, 0.2) is 0 Å². The molecule has 0 spiro atoms. The Bertz CT molecular complexity index is 204. The topological polar surface area (TPSA) is 6.48 Å². The predicted molar refractivity (Wildman–Crippen MR) is 40.8 cm³/mol. The van der Waals surface area contributed by atoms with Gasteiger partial charge in [0.05, 0.1) is 6.67 Å². The second-order valence-corrected chi connectivity index (χ2v) is 2.37. The van der Waals surface area contributed by atoms with Gasteiger partial charge >= 0.3 is 0 Å². The Morgan fingerprint density at radius 1 is 1.40 bits per heavy atom. The fraction of sp³-hybridized carbons (Fsp3) is 0.500. The molecular weight excluding hydrogens is 124 g/mol. The summed E-state index contributed by atoms with van der Waals surface area (Å²) in [5, 5.41) is 0.